The van der Waals surface area contributed by atoms with Crippen LogP contribution < -0.4 is 4.90 Å². The summed E-state index contributed by atoms with van der Waals surface area (Å²) in [6.45, 7) is 4.40. The van der Waals surface area contributed by atoms with E-state index in [1.54, 1.807) is 22.9 Å². The number of fused-ring (bicyclic) bond motifs is 1. The molecule has 0 N–H and O–H groups in total. The van der Waals surface area contributed by atoms with E-state index in [1.165, 1.54) is 21.8 Å². The first kappa shape index (κ1) is 18.8. The van der Waals surface area contributed by atoms with Crippen LogP contribution in [-0.4, -0.2) is 17.1 Å². The molecular formula is C22H20N2O2S2. The molecule has 0 bridgehead atoms. The zero-order valence-electron chi connectivity index (χ0n) is 15.9. The highest BCUT2D eigenvalue weighted by molar-refractivity contribution is 7.98. The number of carbonyl (C=O) groups excluding carboxylic acids is 1. The van der Waals surface area contributed by atoms with Crippen LogP contribution in [0.4, 0.5) is 5.13 Å². The summed E-state index contributed by atoms with van der Waals surface area (Å²) in [5, 5.41) is 0.674. The smallest absolute Gasteiger partial charge is 0.260 e. The summed E-state index contributed by atoms with van der Waals surface area (Å²) in [7, 11) is 0. The summed E-state index contributed by atoms with van der Waals surface area (Å²) in [6.07, 6.45) is 3.67. The normalized spacial score (nSPS) is 11.1. The summed E-state index contributed by atoms with van der Waals surface area (Å²) in [5.41, 5.74) is 3.81. The Balaban J connectivity index is 1.76. The van der Waals surface area contributed by atoms with E-state index in [1.807, 2.05) is 50.2 Å². The Kier molecular flexibility index (Phi) is 5.24. The van der Waals surface area contributed by atoms with E-state index < -0.39 is 0 Å². The Bertz CT molecular complexity index is 1130. The zero-order chi connectivity index (χ0) is 19.7. The zero-order valence-corrected chi connectivity index (χ0v) is 17.6. The average Bonchev–Trinajstić information content (AvgIpc) is 3.36. The molecule has 4 rings (SSSR count). The largest absolute Gasteiger partial charge is 0.467 e. The van der Waals surface area contributed by atoms with Crippen molar-refractivity contribution in [1.29, 1.82) is 0 Å². The minimum atomic E-state index is -0.0800. The number of carbonyl (C=O) groups is 1. The molecule has 0 saturated heterocycles. The van der Waals surface area contributed by atoms with Crippen molar-refractivity contribution in [3.8, 4) is 0 Å². The fourth-order valence-electron chi connectivity index (χ4n) is 2.95. The van der Waals surface area contributed by atoms with Crippen molar-refractivity contribution in [2.24, 2.45) is 0 Å². The van der Waals surface area contributed by atoms with Crippen molar-refractivity contribution in [3.63, 3.8) is 0 Å². The summed E-state index contributed by atoms with van der Waals surface area (Å²) < 4.78 is 6.57. The van der Waals surface area contributed by atoms with Gasteiger partial charge in [0.15, 0.2) is 5.13 Å². The lowest BCUT2D eigenvalue weighted by Crippen LogP contribution is -2.30. The van der Waals surface area contributed by atoms with Gasteiger partial charge in [0.1, 0.15) is 5.76 Å². The summed E-state index contributed by atoms with van der Waals surface area (Å²) in [4.78, 5) is 21.0. The Morgan fingerprint density at radius 2 is 2.00 bits per heavy atom. The first-order chi connectivity index (χ1) is 13.5. The van der Waals surface area contributed by atoms with Gasteiger partial charge in [-0.15, -0.1) is 11.8 Å². The fraction of sp³-hybridized carbons (Fsp3) is 0.182. The van der Waals surface area contributed by atoms with Crippen molar-refractivity contribution in [3.05, 3.63) is 77.2 Å². The second-order valence-corrected chi connectivity index (χ2v) is 8.49. The number of thioether (sulfide) groups is 1. The lowest BCUT2D eigenvalue weighted by atomic mass is 10.1. The molecule has 0 spiro atoms. The van der Waals surface area contributed by atoms with Crippen LogP contribution in [0.5, 0.6) is 0 Å². The number of furan rings is 1. The molecule has 6 heteroatoms. The predicted octanol–water partition coefficient (Wildman–Crippen LogP) is 6.08. The summed E-state index contributed by atoms with van der Waals surface area (Å²) in [5.74, 6) is 0.643. The fourth-order valence-corrected chi connectivity index (χ4v) is 4.47. The highest BCUT2D eigenvalue weighted by Crippen LogP contribution is 2.33. The highest BCUT2D eigenvalue weighted by atomic mass is 32.2. The Labute approximate surface area is 172 Å². The van der Waals surface area contributed by atoms with Crippen molar-refractivity contribution >= 4 is 44.4 Å². The van der Waals surface area contributed by atoms with E-state index in [-0.39, 0.29) is 5.91 Å². The second kappa shape index (κ2) is 7.81. The number of rotatable bonds is 5. The van der Waals surface area contributed by atoms with Crippen molar-refractivity contribution in [2.75, 3.05) is 11.2 Å². The molecule has 0 fully saturated rings. The van der Waals surface area contributed by atoms with Crippen LogP contribution in [0.15, 0.2) is 64.1 Å². The molecule has 0 aliphatic heterocycles. The van der Waals surface area contributed by atoms with Gasteiger partial charge in [-0.05, 0) is 73.7 Å². The first-order valence-electron chi connectivity index (χ1n) is 8.91. The molecule has 142 valence electrons. The number of thiazole rings is 1. The number of anilines is 1. The van der Waals surface area contributed by atoms with Gasteiger partial charge < -0.3 is 4.42 Å². The minimum Gasteiger partial charge on any atom is -0.467 e. The van der Waals surface area contributed by atoms with Gasteiger partial charge in [-0.3, -0.25) is 9.69 Å². The molecule has 2 aromatic carbocycles. The van der Waals surface area contributed by atoms with E-state index in [0.717, 1.165) is 21.5 Å². The van der Waals surface area contributed by atoms with Crippen LogP contribution in [0.1, 0.15) is 27.2 Å². The van der Waals surface area contributed by atoms with Crippen LogP contribution in [0, 0.1) is 13.8 Å². The molecule has 1 amide bonds. The van der Waals surface area contributed by atoms with Gasteiger partial charge in [0.25, 0.3) is 5.91 Å². The number of hydrogen-bond donors (Lipinski definition) is 0. The van der Waals surface area contributed by atoms with Crippen molar-refractivity contribution in [2.45, 2.75) is 25.3 Å². The Hall–Kier alpha value is -2.57. The highest BCUT2D eigenvalue weighted by Gasteiger charge is 2.23. The number of hydrogen-bond acceptors (Lipinski definition) is 5. The molecule has 0 aliphatic carbocycles. The number of benzene rings is 2. The van der Waals surface area contributed by atoms with Gasteiger partial charge in [0, 0.05) is 10.5 Å². The van der Waals surface area contributed by atoms with Gasteiger partial charge in [-0.1, -0.05) is 17.4 Å². The molecular weight excluding hydrogens is 388 g/mol. The molecule has 0 unspecified atom stereocenters. The predicted molar refractivity (Wildman–Crippen MR) is 117 cm³/mol. The molecule has 2 heterocycles. The molecule has 2 aromatic heterocycles. The molecule has 4 nitrogen and oxygen atoms in total. The molecule has 0 saturated carbocycles. The number of aromatic nitrogens is 1. The molecule has 0 radical (unpaired) electrons. The van der Waals surface area contributed by atoms with Gasteiger partial charge >= 0.3 is 0 Å². The molecule has 28 heavy (non-hydrogen) atoms. The molecule has 4 aromatic rings. The maximum absolute atomic E-state index is 13.4. The van der Waals surface area contributed by atoms with Gasteiger partial charge in [0.05, 0.1) is 23.0 Å². The standard InChI is InChI=1S/C22H20N2O2S2/c1-14-6-7-16(11-15(14)2)21(25)24(13-17-5-4-10-26-17)22-23-19-9-8-18(27-3)12-20(19)28-22/h4-12H,13H2,1-3H3. The summed E-state index contributed by atoms with van der Waals surface area (Å²) in [6, 6.07) is 15.7. The monoisotopic (exact) mass is 408 g/mol. The van der Waals surface area contributed by atoms with E-state index in [4.69, 9.17) is 9.40 Å². The van der Waals surface area contributed by atoms with Crippen LogP contribution >= 0.6 is 23.1 Å². The van der Waals surface area contributed by atoms with Crippen LogP contribution in [0.2, 0.25) is 0 Å². The summed E-state index contributed by atoms with van der Waals surface area (Å²) >= 11 is 3.22. The first-order valence-corrected chi connectivity index (χ1v) is 11.0. The third kappa shape index (κ3) is 3.70. The third-order valence-electron chi connectivity index (χ3n) is 4.71. The van der Waals surface area contributed by atoms with E-state index >= 15 is 0 Å². The minimum absolute atomic E-state index is 0.0800. The van der Waals surface area contributed by atoms with Crippen molar-refractivity contribution < 1.29 is 9.21 Å². The average molecular weight is 409 g/mol. The van der Waals surface area contributed by atoms with Crippen LogP contribution in [-0.2, 0) is 6.54 Å². The van der Waals surface area contributed by atoms with Crippen molar-refractivity contribution in [1.82, 2.24) is 4.98 Å². The Morgan fingerprint density at radius 3 is 2.71 bits per heavy atom. The lowest BCUT2D eigenvalue weighted by molar-refractivity contribution is 0.0983. The number of aryl methyl sites for hydroxylation is 2. The third-order valence-corrected chi connectivity index (χ3v) is 6.47. The quantitative estimate of drug-likeness (QED) is 0.376. The second-order valence-electron chi connectivity index (χ2n) is 6.60. The van der Waals surface area contributed by atoms with Gasteiger partial charge in [-0.2, -0.15) is 0 Å². The van der Waals surface area contributed by atoms with Gasteiger partial charge in [0.2, 0.25) is 0 Å². The number of nitrogens with zero attached hydrogens (tertiary/aromatic N) is 2. The molecule has 0 atom stereocenters. The van der Waals surface area contributed by atoms with E-state index in [0.29, 0.717) is 17.2 Å². The van der Waals surface area contributed by atoms with E-state index in [9.17, 15) is 4.79 Å². The maximum atomic E-state index is 13.4. The maximum Gasteiger partial charge on any atom is 0.260 e. The SMILES string of the molecule is CSc1ccc2nc(N(Cc3ccco3)C(=O)c3ccc(C)c(C)c3)sc2c1. The topological polar surface area (TPSA) is 46.3 Å². The van der Waals surface area contributed by atoms with Crippen LogP contribution in [0.25, 0.3) is 10.2 Å². The van der Waals surface area contributed by atoms with E-state index in [2.05, 4.69) is 18.4 Å². The van der Waals surface area contributed by atoms with Gasteiger partial charge in [-0.25, -0.2) is 4.98 Å². The molecule has 0 aliphatic rings. The van der Waals surface area contributed by atoms with Crippen LogP contribution in [0.3, 0.4) is 0 Å². The lowest BCUT2D eigenvalue weighted by Gasteiger charge is -2.19. The number of amides is 1. The Morgan fingerprint density at radius 1 is 1.14 bits per heavy atom.